The van der Waals surface area contributed by atoms with Crippen LogP contribution in [0.3, 0.4) is 0 Å². The number of sulfone groups is 1. The van der Waals surface area contributed by atoms with Crippen LogP contribution in [0.25, 0.3) is 11.3 Å². The van der Waals surface area contributed by atoms with Crippen molar-refractivity contribution < 1.29 is 13.2 Å². The van der Waals surface area contributed by atoms with Crippen molar-refractivity contribution in [3.8, 4) is 17.0 Å². The quantitative estimate of drug-likeness (QED) is 0.882. The number of aromatic nitrogens is 2. The standard InChI is InChI=1S/C14H17N3O4S/c1-17-7-11(16-13(15)14(17)18)9-4-5-12(21-2)10(6-9)8-22(3,19)20/h4-7H,8H2,1-3H3,(H2,15,16). The molecule has 22 heavy (non-hydrogen) atoms. The minimum atomic E-state index is -3.21. The van der Waals surface area contributed by atoms with Gasteiger partial charge in [0.05, 0.1) is 18.6 Å². The summed E-state index contributed by atoms with van der Waals surface area (Å²) in [5.74, 6) is 0.220. The van der Waals surface area contributed by atoms with Gasteiger partial charge in [0.15, 0.2) is 15.7 Å². The van der Waals surface area contributed by atoms with Crippen LogP contribution < -0.4 is 16.0 Å². The molecule has 0 atom stereocenters. The molecular weight excluding hydrogens is 306 g/mol. The summed E-state index contributed by atoms with van der Waals surface area (Å²) < 4.78 is 29.6. The predicted octanol–water partition coefficient (Wildman–Crippen LogP) is 0.583. The van der Waals surface area contributed by atoms with Gasteiger partial charge in [-0.25, -0.2) is 13.4 Å². The third-order valence-electron chi connectivity index (χ3n) is 3.09. The van der Waals surface area contributed by atoms with Crippen LogP contribution in [0.4, 0.5) is 5.82 Å². The van der Waals surface area contributed by atoms with E-state index in [1.807, 2.05) is 0 Å². The van der Waals surface area contributed by atoms with E-state index in [1.54, 1.807) is 31.4 Å². The second-order valence-electron chi connectivity index (χ2n) is 5.02. The summed E-state index contributed by atoms with van der Waals surface area (Å²) in [7, 11) is -0.162. The van der Waals surface area contributed by atoms with Gasteiger partial charge in [-0.3, -0.25) is 4.79 Å². The number of rotatable bonds is 4. The molecule has 0 fully saturated rings. The Labute approximate surface area is 128 Å². The second kappa shape index (κ2) is 5.80. The number of methoxy groups -OCH3 is 1. The minimum absolute atomic E-state index is 0.111. The Hall–Kier alpha value is -2.35. The lowest BCUT2D eigenvalue weighted by Gasteiger charge is -2.11. The van der Waals surface area contributed by atoms with Gasteiger partial charge in [-0.1, -0.05) is 0 Å². The van der Waals surface area contributed by atoms with E-state index in [9.17, 15) is 13.2 Å². The number of nitrogens with zero attached hydrogens (tertiary/aromatic N) is 2. The van der Waals surface area contributed by atoms with Crippen LogP contribution in [0.15, 0.2) is 29.2 Å². The zero-order chi connectivity index (χ0) is 16.5. The summed E-state index contributed by atoms with van der Waals surface area (Å²) >= 11 is 0. The molecule has 0 radical (unpaired) electrons. The molecule has 2 N–H and O–H groups in total. The van der Waals surface area contributed by atoms with Crippen LogP contribution in [0.2, 0.25) is 0 Å². The number of aryl methyl sites for hydroxylation is 1. The van der Waals surface area contributed by atoms with Crippen molar-refractivity contribution in [3.63, 3.8) is 0 Å². The van der Waals surface area contributed by atoms with Crippen molar-refractivity contribution in [3.05, 3.63) is 40.3 Å². The van der Waals surface area contributed by atoms with Crippen molar-refractivity contribution in [1.82, 2.24) is 9.55 Å². The van der Waals surface area contributed by atoms with E-state index in [2.05, 4.69) is 4.98 Å². The number of hydrogen-bond donors (Lipinski definition) is 1. The molecule has 0 aliphatic rings. The normalized spacial score (nSPS) is 11.4. The number of benzene rings is 1. The zero-order valence-corrected chi connectivity index (χ0v) is 13.3. The zero-order valence-electron chi connectivity index (χ0n) is 12.5. The maximum absolute atomic E-state index is 11.6. The van der Waals surface area contributed by atoms with Crippen LogP contribution >= 0.6 is 0 Å². The second-order valence-corrected chi connectivity index (χ2v) is 7.16. The van der Waals surface area contributed by atoms with Crippen molar-refractivity contribution in [2.75, 3.05) is 19.1 Å². The van der Waals surface area contributed by atoms with Gasteiger partial charge in [0.1, 0.15) is 5.75 Å². The summed E-state index contributed by atoms with van der Waals surface area (Å²) in [6.45, 7) is 0. The maximum Gasteiger partial charge on any atom is 0.292 e. The maximum atomic E-state index is 11.6. The SMILES string of the molecule is COc1ccc(-c2cn(C)c(=O)c(N)n2)cc1CS(C)(=O)=O. The van der Waals surface area contributed by atoms with Crippen LogP contribution in [-0.4, -0.2) is 31.3 Å². The lowest BCUT2D eigenvalue weighted by Crippen LogP contribution is -2.21. The molecule has 0 amide bonds. The molecule has 0 bridgehead atoms. The molecule has 0 saturated carbocycles. The number of ether oxygens (including phenoxy) is 1. The average Bonchev–Trinajstić information content (AvgIpc) is 2.42. The Bertz CT molecular complexity index is 846. The highest BCUT2D eigenvalue weighted by Gasteiger charge is 2.13. The molecular formula is C14H17N3O4S. The first-order valence-corrected chi connectivity index (χ1v) is 8.45. The van der Waals surface area contributed by atoms with Gasteiger partial charge in [0.2, 0.25) is 0 Å². The number of nitrogen functional groups attached to an aromatic ring is 1. The van der Waals surface area contributed by atoms with Crippen molar-refractivity contribution in [2.45, 2.75) is 5.75 Å². The van der Waals surface area contributed by atoms with Gasteiger partial charge in [-0.2, -0.15) is 0 Å². The molecule has 2 rings (SSSR count). The van der Waals surface area contributed by atoms with E-state index in [0.29, 0.717) is 22.6 Å². The Morgan fingerprint density at radius 2 is 2.05 bits per heavy atom. The molecule has 0 saturated heterocycles. The van der Waals surface area contributed by atoms with Crippen LogP contribution in [0, 0.1) is 0 Å². The molecule has 0 unspecified atom stereocenters. The highest BCUT2D eigenvalue weighted by atomic mass is 32.2. The van der Waals surface area contributed by atoms with Crippen LogP contribution in [0.5, 0.6) is 5.75 Å². The van der Waals surface area contributed by atoms with Crippen LogP contribution in [0.1, 0.15) is 5.56 Å². The van der Waals surface area contributed by atoms with Crippen LogP contribution in [-0.2, 0) is 22.6 Å². The van der Waals surface area contributed by atoms with E-state index in [-0.39, 0.29) is 17.1 Å². The predicted molar refractivity (Wildman–Crippen MR) is 84.4 cm³/mol. The smallest absolute Gasteiger partial charge is 0.292 e. The van der Waals surface area contributed by atoms with E-state index in [4.69, 9.17) is 10.5 Å². The summed E-state index contributed by atoms with van der Waals surface area (Å²) in [6, 6.07) is 5.07. The topological polar surface area (TPSA) is 104 Å². The number of nitrogens with two attached hydrogens (primary N) is 1. The number of hydrogen-bond acceptors (Lipinski definition) is 6. The summed E-state index contributed by atoms with van der Waals surface area (Å²) in [4.78, 5) is 15.6. The number of anilines is 1. The van der Waals surface area contributed by atoms with Crippen molar-refractivity contribution >= 4 is 15.7 Å². The van der Waals surface area contributed by atoms with Gasteiger partial charge < -0.3 is 15.0 Å². The first-order chi connectivity index (χ1) is 10.2. The summed E-state index contributed by atoms with van der Waals surface area (Å²) in [5, 5.41) is 0. The summed E-state index contributed by atoms with van der Waals surface area (Å²) in [5.41, 5.74) is 6.87. The molecule has 1 aromatic carbocycles. The minimum Gasteiger partial charge on any atom is -0.496 e. The van der Waals surface area contributed by atoms with Gasteiger partial charge >= 0.3 is 0 Å². The lowest BCUT2D eigenvalue weighted by atomic mass is 10.1. The fourth-order valence-corrected chi connectivity index (χ4v) is 2.89. The Morgan fingerprint density at radius 1 is 1.36 bits per heavy atom. The molecule has 0 spiro atoms. The monoisotopic (exact) mass is 323 g/mol. The average molecular weight is 323 g/mol. The van der Waals surface area contributed by atoms with Gasteiger partial charge in [-0.05, 0) is 18.2 Å². The largest absolute Gasteiger partial charge is 0.496 e. The Morgan fingerprint density at radius 3 is 2.59 bits per heavy atom. The first kappa shape index (κ1) is 16.0. The Kier molecular flexibility index (Phi) is 4.23. The summed E-state index contributed by atoms with van der Waals surface area (Å²) in [6.07, 6.45) is 2.70. The fraction of sp³-hybridized carbons (Fsp3) is 0.286. The molecule has 8 heteroatoms. The van der Waals surface area contributed by atoms with E-state index in [0.717, 1.165) is 6.26 Å². The van der Waals surface area contributed by atoms with Crippen molar-refractivity contribution in [1.29, 1.82) is 0 Å². The van der Waals surface area contributed by atoms with Crippen molar-refractivity contribution in [2.24, 2.45) is 7.05 Å². The van der Waals surface area contributed by atoms with E-state index in [1.165, 1.54) is 11.7 Å². The highest BCUT2D eigenvalue weighted by molar-refractivity contribution is 7.89. The third kappa shape index (κ3) is 3.45. The van der Waals surface area contributed by atoms with E-state index >= 15 is 0 Å². The van der Waals surface area contributed by atoms with Gasteiger partial charge in [0.25, 0.3) is 5.56 Å². The van der Waals surface area contributed by atoms with Gasteiger partial charge in [-0.15, -0.1) is 0 Å². The molecule has 7 nitrogen and oxygen atoms in total. The first-order valence-electron chi connectivity index (χ1n) is 6.39. The Balaban J connectivity index is 2.58. The highest BCUT2D eigenvalue weighted by Crippen LogP contribution is 2.27. The van der Waals surface area contributed by atoms with Gasteiger partial charge in [0, 0.05) is 30.6 Å². The molecule has 0 aliphatic carbocycles. The molecule has 1 heterocycles. The molecule has 118 valence electrons. The fourth-order valence-electron chi connectivity index (χ4n) is 2.10. The lowest BCUT2D eigenvalue weighted by molar-refractivity contribution is 0.411. The van der Waals surface area contributed by atoms with E-state index < -0.39 is 9.84 Å². The molecule has 0 aliphatic heterocycles. The molecule has 1 aromatic heterocycles. The third-order valence-corrected chi connectivity index (χ3v) is 3.93. The molecule has 2 aromatic rings.